The fraction of sp³-hybridized carbons (Fsp3) is 0.188. The van der Waals surface area contributed by atoms with Gasteiger partial charge in [0.05, 0.1) is 17.8 Å². The number of nitrogens with zero attached hydrogens (tertiary/aromatic N) is 1. The van der Waals surface area contributed by atoms with E-state index in [1.54, 1.807) is 18.2 Å². The molecule has 20 heavy (non-hydrogen) atoms. The van der Waals surface area contributed by atoms with E-state index in [0.717, 1.165) is 11.4 Å². The molecule has 0 heterocycles. The molecule has 2 aromatic carbocycles. The summed E-state index contributed by atoms with van der Waals surface area (Å²) in [7, 11) is 3.81. The van der Waals surface area contributed by atoms with Crippen LogP contribution in [0.25, 0.3) is 0 Å². The van der Waals surface area contributed by atoms with Gasteiger partial charge >= 0.3 is 0 Å². The summed E-state index contributed by atoms with van der Waals surface area (Å²) in [6.07, 6.45) is 0.0223. The van der Waals surface area contributed by atoms with Gasteiger partial charge in [0.2, 0.25) is 5.91 Å². The normalized spacial score (nSPS) is 10.2. The number of hydrogen-bond donors (Lipinski definition) is 1. The van der Waals surface area contributed by atoms with Crippen molar-refractivity contribution in [2.75, 3.05) is 24.3 Å². The molecule has 0 saturated heterocycles. The van der Waals surface area contributed by atoms with Crippen molar-refractivity contribution >= 4 is 17.3 Å². The van der Waals surface area contributed by atoms with Crippen LogP contribution in [0.2, 0.25) is 0 Å². The highest BCUT2D eigenvalue weighted by molar-refractivity contribution is 5.95. The lowest BCUT2D eigenvalue weighted by Gasteiger charge is -2.17. The molecule has 0 bridgehead atoms. The summed E-state index contributed by atoms with van der Waals surface area (Å²) in [5, 5.41) is 2.82. The van der Waals surface area contributed by atoms with Crippen LogP contribution in [-0.4, -0.2) is 20.0 Å². The molecular formula is C16H17FN2O. The Labute approximate surface area is 118 Å². The van der Waals surface area contributed by atoms with Gasteiger partial charge in [-0.15, -0.1) is 0 Å². The van der Waals surface area contributed by atoms with Gasteiger partial charge in [0.15, 0.2) is 0 Å². The maximum atomic E-state index is 13.5. The van der Waals surface area contributed by atoms with E-state index in [0.29, 0.717) is 5.56 Å². The summed E-state index contributed by atoms with van der Waals surface area (Å²) in [6.45, 7) is 0. The molecule has 0 radical (unpaired) electrons. The van der Waals surface area contributed by atoms with Crippen molar-refractivity contribution in [2.24, 2.45) is 0 Å². The van der Waals surface area contributed by atoms with Crippen LogP contribution in [0.15, 0.2) is 48.5 Å². The molecule has 0 spiro atoms. The molecule has 0 aliphatic rings. The smallest absolute Gasteiger partial charge is 0.228 e. The van der Waals surface area contributed by atoms with Gasteiger partial charge in [-0.2, -0.15) is 0 Å². The molecule has 1 amide bonds. The van der Waals surface area contributed by atoms with Crippen LogP contribution in [0.1, 0.15) is 5.56 Å². The van der Waals surface area contributed by atoms with E-state index < -0.39 is 0 Å². The molecule has 0 aliphatic carbocycles. The van der Waals surface area contributed by atoms with Gasteiger partial charge in [0.25, 0.3) is 0 Å². The molecule has 2 rings (SSSR count). The predicted molar refractivity (Wildman–Crippen MR) is 79.5 cm³/mol. The van der Waals surface area contributed by atoms with Crippen molar-refractivity contribution in [3.63, 3.8) is 0 Å². The lowest BCUT2D eigenvalue weighted by atomic mass is 10.1. The number of amides is 1. The van der Waals surface area contributed by atoms with Crippen molar-refractivity contribution < 1.29 is 9.18 Å². The summed E-state index contributed by atoms with van der Waals surface area (Å²) in [5.74, 6) is -0.590. The molecule has 1 N–H and O–H groups in total. The van der Waals surface area contributed by atoms with Crippen molar-refractivity contribution in [2.45, 2.75) is 6.42 Å². The van der Waals surface area contributed by atoms with Crippen LogP contribution < -0.4 is 10.2 Å². The van der Waals surface area contributed by atoms with Gasteiger partial charge in [-0.05, 0) is 23.8 Å². The van der Waals surface area contributed by atoms with Crippen molar-refractivity contribution in [3.8, 4) is 0 Å². The summed E-state index contributed by atoms with van der Waals surface area (Å²) in [6, 6.07) is 13.8. The minimum absolute atomic E-state index is 0.0223. The SMILES string of the molecule is CN(C)c1ccccc1NC(=O)Cc1ccccc1F. The zero-order valence-corrected chi connectivity index (χ0v) is 11.6. The topological polar surface area (TPSA) is 32.3 Å². The average Bonchev–Trinajstić information content (AvgIpc) is 2.41. The number of carbonyl (C=O) groups is 1. The van der Waals surface area contributed by atoms with Gasteiger partial charge in [-0.3, -0.25) is 4.79 Å². The molecule has 3 nitrogen and oxygen atoms in total. The van der Waals surface area contributed by atoms with E-state index in [9.17, 15) is 9.18 Å². The third-order valence-electron chi connectivity index (χ3n) is 2.97. The first kappa shape index (κ1) is 14.1. The number of rotatable bonds is 4. The van der Waals surface area contributed by atoms with Gasteiger partial charge < -0.3 is 10.2 Å². The van der Waals surface area contributed by atoms with Crippen LogP contribution in [0.4, 0.5) is 15.8 Å². The van der Waals surface area contributed by atoms with Crippen molar-refractivity contribution in [1.82, 2.24) is 0 Å². The predicted octanol–water partition coefficient (Wildman–Crippen LogP) is 3.07. The number of nitrogens with one attached hydrogen (secondary N) is 1. The number of para-hydroxylation sites is 2. The third-order valence-corrected chi connectivity index (χ3v) is 2.97. The van der Waals surface area contributed by atoms with E-state index in [4.69, 9.17) is 0 Å². The van der Waals surface area contributed by atoms with Crippen LogP contribution in [-0.2, 0) is 11.2 Å². The van der Waals surface area contributed by atoms with E-state index in [1.165, 1.54) is 6.07 Å². The van der Waals surface area contributed by atoms with Crippen LogP contribution in [0.3, 0.4) is 0 Å². The maximum absolute atomic E-state index is 13.5. The maximum Gasteiger partial charge on any atom is 0.228 e. The average molecular weight is 272 g/mol. The lowest BCUT2D eigenvalue weighted by molar-refractivity contribution is -0.115. The number of halogens is 1. The van der Waals surface area contributed by atoms with Gasteiger partial charge in [-0.1, -0.05) is 30.3 Å². The minimum atomic E-state index is -0.358. The summed E-state index contributed by atoms with van der Waals surface area (Å²) in [4.78, 5) is 13.9. The second-order valence-electron chi connectivity index (χ2n) is 4.73. The fourth-order valence-electron chi connectivity index (χ4n) is 1.98. The first-order valence-corrected chi connectivity index (χ1v) is 6.37. The monoisotopic (exact) mass is 272 g/mol. The lowest BCUT2D eigenvalue weighted by Crippen LogP contribution is -2.18. The van der Waals surface area contributed by atoms with Crippen LogP contribution in [0, 0.1) is 5.82 Å². The van der Waals surface area contributed by atoms with Crippen LogP contribution >= 0.6 is 0 Å². The second kappa shape index (κ2) is 6.19. The molecule has 0 aromatic heterocycles. The molecule has 0 fully saturated rings. The summed E-state index contributed by atoms with van der Waals surface area (Å²) < 4.78 is 13.5. The van der Waals surface area contributed by atoms with Gasteiger partial charge in [-0.25, -0.2) is 4.39 Å². The van der Waals surface area contributed by atoms with E-state index in [1.807, 2.05) is 43.3 Å². The van der Waals surface area contributed by atoms with Crippen molar-refractivity contribution in [3.05, 3.63) is 59.9 Å². The molecule has 4 heteroatoms. The standard InChI is InChI=1S/C16H17FN2O/c1-19(2)15-10-6-5-9-14(15)18-16(20)11-12-7-3-4-8-13(12)17/h3-10H,11H2,1-2H3,(H,18,20). The Hall–Kier alpha value is -2.36. The van der Waals surface area contributed by atoms with Crippen LogP contribution in [0.5, 0.6) is 0 Å². The van der Waals surface area contributed by atoms with E-state index in [2.05, 4.69) is 5.32 Å². The first-order valence-electron chi connectivity index (χ1n) is 6.37. The Morgan fingerprint density at radius 1 is 1.10 bits per heavy atom. The molecule has 0 aliphatic heterocycles. The van der Waals surface area contributed by atoms with Gasteiger partial charge in [0.1, 0.15) is 5.82 Å². The van der Waals surface area contributed by atoms with E-state index >= 15 is 0 Å². The molecule has 2 aromatic rings. The highest BCUT2D eigenvalue weighted by Gasteiger charge is 2.10. The molecule has 104 valence electrons. The van der Waals surface area contributed by atoms with Crippen molar-refractivity contribution in [1.29, 1.82) is 0 Å². The molecule has 0 unspecified atom stereocenters. The van der Waals surface area contributed by atoms with E-state index in [-0.39, 0.29) is 18.1 Å². The number of hydrogen-bond acceptors (Lipinski definition) is 2. The third kappa shape index (κ3) is 3.35. The molecule has 0 saturated carbocycles. The Kier molecular flexibility index (Phi) is 4.35. The second-order valence-corrected chi connectivity index (χ2v) is 4.73. The quantitative estimate of drug-likeness (QED) is 0.927. The largest absolute Gasteiger partial charge is 0.376 e. The Morgan fingerprint density at radius 2 is 1.75 bits per heavy atom. The minimum Gasteiger partial charge on any atom is -0.376 e. The Balaban J connectivity index is 2.11. The molecule has 0 atom stereocenters. The number of benzene rings is 2. The Morgan fingerprint density at radius 3 is 2.45 bits per heavy atom. The molecular weight excluding hydrogens is 255 g/mol. The fourth-order valence-corrected chi connectivity index (χ4v) is 1.98. The zero-order chi connectivity index (χ0) is 14.5. The van der Waals surface area contributed by atoms with Gasteiger partial charge in [0, 0.05) is 14.1 Å². The summed E-state index contributed by atoms with van der Waals surface area (Å²) >= 11 is 0. The first-order chi connectivity index (χ1) is 9.58. The number of carbonyl (C=O) groups excluding carboxylic acids is 1. The Bertz CT molecular complexity index is 611. The number of anilines is 2. The highest BCUT2D eigenvalue weighted by atomic mass is 19.1. The summed E-state index contributed by atoms with van der Waals surface area (Å²) in [5.41, 5.74) is 2.03. The zero-order valence-electron chi connectivity index (χ0n) is 11.6. The highest BCUT2D eigenvalue weighted by Crippen LogP contribution is 2.23.